The summed E-state index contributed by atoms with van der Waals surface area (Å²) in [4.78, 5) is 14.1. The number of benzene rings is 2. The molecule has 1 aliphatic heterocycles. The van der Waals surface area contributed by atoms with Gasteiger partial charge in [0.25, 0.3) is 0 Å². The average Bonchev–Trinajstić information content (AvgIpc) is 2.96. The number of rotatable bonds is 5. The summed E-state index contributed by atoms with van der Waals surface area (Å²) in [5.74, 6) is 0.202. The maximum atomic E-state index is 13.0. The number of fused-ring (bicyclic) bond motifs is 1. The van der Waals surface area contributed by atoms with Gasteiger partial charge in [-0.1, -0.05) is 18.2 Å². The molecule has 0 unspecified atom stereocenters. The van der Waals surface area contributed by atoms with Crippen molar-refractivity contribution in [3.05, 3.63) is 70.0 Å². The molecule has 2 heterocycles. The Morgan fingerprint density at radius 2 is 1.78 bits per heavy atom. The molecule has 0 amide bonds. The molecule has 1 aromatic heterocycles. The average molecular weight is 368 g/mol. The van der Waals surface area contributed by atoms with Crippen LogP contribution in [0.25, 0.3) is 11.1 Å². The van der Waals surface area contributed by atoms with Crippen LogP contribution in [0.5, 0.6) is 0 Å². The summed E-state index contributed by atoms with van der Waals surface area (Å²) >= 11 is 0. The van der Waals surface area contributed by atoms with Crippen molar-refractivity contribution in [2.24, 2.45) is 13.0 Å². The Kier molecular flexibility index (Phi) is 5.12. The molecule has 27 heavy (non-hydrogen) atoms. The first-order valence-electron chi connectivity index (χ1n) is 9.64. The highest BCUT2D eigenvalue weighted by molar-refractivity contribution is 5.73. The molecule has 0 spiro atoms. The van der Waals surface area contributed by atoms with E-state index in [0.29, 0.717) is 11.5 Å². The van der Waals surface area contributed by atoms with Gasteiger partial charge < -0.3 is 9.32 Å². The van der Waals surface area contributed by atoms with Gasteiger partial charge in [-0.2, -0.15) is 0 Å². The number of hydrogen-bond donors (Lipinski definition) is 0. The molecule has 2 aromatic carbocycles. The van der Waals surface area contributed by atoms with Crippen molar-refractivity contribution in [1.82, 2.24) is 9.47 Å². The Morgan fingerprint density at radius 1 is 1.07 bits per heavy atom. The van der Waals surface area contributed by atoms with Gasteiger partial charge in [0.15, 0.2) is 5.58 Å². The predicted molar refractivity (Wildman–Crippen MR) is 104 cm³/mol. The minimum Gasteiger partial charge on any atom is -0.408 e. The number of nitrogens with zero attached hydrogens (tertiary/aromatic N) is 2. The van der Waals surface area contributed by atoms with Gasteiger partial charge in [0.2, 0.25) is 0 Å². The molecule has 0 N–H and O–H groups in total. The number of aromatic nitrogens is 1. The highest BCUT2D eigenvalue weighted by Crippen LogP contribution is 2.22. The summed E-state index contributed by atoms with van der Waals surface area (Å²) in [5.41, 5.74) is 3.93. The van der Waals surface area contributed by atoms with Gasteiger partial charge in [0, 0.05) is 13.6 Å². The van der Waals surface area contributed by atoms with Crippen molar-refractivity contribution in [3.8, 4) is 0 Å². The molecule has 0 atom stereocenters. The SMILES string of the molecule is Cn1c(=O)oc2cc(CCN3CCC(Cc4ccc(F)cc4)CC3)ccc21. The first-order valence-corrected chi connectivity index (χ1v) is 9.64. The van der Waals surface area contributed by atoms with E-state index in [-0.39, 0.29) is 11.6 Å². The number of piperidine rings is 1. The maximum Gasteiger partial charge on any atom is 0.419 e. The second-order valence-corrected chi connectivity index (χ2v) is 7.59. The van der Waals surface area contributed by atoms with E-state index in [0.717, 1.165) is 38.0 Å². The fourth-order valence-corrected chi connectivity index (χ4v) is 3.99. The van der Waals surface area contributed by atoms with Crippen molar-refractivity contribution in [1.29, 1.82) is 0 Å². The minimum absolute atomic E-state index is 0.165. The molecule has 1 fully saturated rings. The van der Waals surface area contributed by atoms with Gasteiger partial charge in [0.05, 0.1) is 5.52 Å². The van der Waals surface area contributed by atoms with E-state index in [9.17, 15) is 9.18 Å². The number of oxazole rings is 1. The third kappa shape index (κ3) is 4.14. The van der Waals surface area contributed by atoms with Crippen LogP contribution >= 0.6 is 0 Å². The molecule has 0 radical (unpaired) electrons. The van der Waals surface area contributed by atoms with Gasteiger partial charge in [-0.15, -0.1) is 0 Å². The quantitative estimate of drug-likeness (QED) is 0.688. The minimum atomic E-state index is -0.314. The normalized spacial score (nSPS) is 16.2. The summed E-state index contributed by atoms with van der Waals surface area (Å²) in [7, 11) is 1.73. The summed E-state index contributed by atoms with van der Waals surface area (Å²) in [6.45, 7) is 3.23. The van der Waals surface area contributed by atoms with Crippen molar-refractivity contribution in [2.45, 2.75) is 25.7 Å². The lowest BCUT2D eigenvalue weighted by molar-refractivity contribution is 0.186. The van der Waals surface area contributed by atoms with E-state index in [4.69, 9.17) is 4.42 Å². The monoisotopic (exact) mass is 368 g/mol. The molecule has 4 rings (SSSR count). The Bertz CT molecular complexity index is 966. The molecule has 0 saturated carbocycles. The van der Waals surface area contributed by atoms with Crippen LogP contribution in [0.3, 0.4) is 0 Å². The fourth-order valence-electron chi connectivity index (χ4n) is 3.99. The zero-order chi connectivity index (χ0) is 18.8. The van der Waals surface area contributed by atoms with Crippen molar-refractivity contribution in [3.63, 3.8) is 0 Å². The molecule has 0 bridgehead atoms. The number of hydrogen-bond acceptors (Lipinski definition) is 3. The van der Waals surface area contributed by atoms with Crippen LogP contribution in [-0.2, 0) is 19.9 Å². The van der Waals surface area contributed by atoms with E-state index >= 15 is 0 Å². The standard InChI is InChI=1S/C22H25FN2O2/c1-24-20-7-4-17(15-21(20)27-22(24)26)8-11-25-12-9-18(10-13-25)14-16-2-5-19(23)6-3-16/h2-7,15,18H,8-14H2,1H3. The predicted octanol–water partition coefficient (Wildman–Crippen LogP) is 3.77. The first-order chi connectivity index (χ1) is 13.1. The summed E-state index contributed by atoms with van der Waals surface area (Å²) in [5, 5.41) is 0. The van der Waals surface area contributed by atoms with Crippen LogP contribution in [0.15, 0.2) is 51.7 Å². The Labute approximate surface area is 158 Å². The Hall–Kier alpha value is -2.40. The second kappa shape index (κ2) is 7.69. The van der Waals surface area contributed by atoms with Crippen LogP contribution < -0.4 is 5.76 Å². The number of aryl methyl sites for hydroxylation is 1. The van der Waals surface area contributed by atoms with Crippen LogP contribution in [0.4, 0.5) is 4.39 Å². The number of halogens is 1. The fraction of sp³-hybridized carbons (Fsp3) is 0.409. The van der Waals surface area contributed by atoms with Gasteiger partial charge in [-0.05, 0) is 80.1 Å². The van der Waals surface area contributed by atoms with Crippen LogP contribution in [-0.4, -0.2) is 29.1 Å². The molecule has 3 aromatic rings. The molecule has 0 aliphatic carbocycles. The van der Waals surface area contributed by atoms with Crippen molar-refractivity contribution < 1.29 is 8.81 Å². The van der Waals surface area contributed by atoms with E-state index in [1.54, 1.807) is 19.2 Å². The lowest BCUT2D eigenvalue weighted by Gasteiger charge is -2.32. The van der Waals surface area contributed by atoms with Crippen molar-refractivity contribution in [2.75, 3.05) is 19.6 Å². The second-order valence-electron chi connectivity index (χ2n) is 7.59. The zero-order valence-corrected chi connectivity index (χ0v) is 15.7. The lowest BCUT2D eigenvalue weighted by atomic mass is 9.90. The molecular formula is C22H25FN2O2. The highest BCUT2D eigenvalue weighted by Gasteiger charge is 2.19. The molecule has 5 heteroatoms. The van der Waals surface area contributed by atoms with E-state index in [1.807, 2.05) is 24.3 Å². The summed E-state index contributed by atoms with van der Waals surface area (Å²) in [6, 6.07) is 12.9. The molecule has 1 aliphatic rings. The van der Waals surface area contributed by atoms with Crippen LogP contribution in [0.1, 0.15) is 24.0 Å². The van der Waals surface area contributed by atoms with Gasteiger partial charge >= 0.3 is 5.76 Å². The molecular weight excluding hydrogens is 343 g/mol. The smallest absolute Gasteiger partial charge is 0.408 e. The van der Waals surface area contributed by atoms with E-state index in [2.05, 4.69) is 11.0 Å². The molecule has 1 saturated heterocycles. The van der Waals surface area contributed by atoms with E-state index < -0.39 is 0 Å². The lowest BCUT2D eigenvalue weighted by Crippen LogP contribution is -2.35. The van der Waals surface area contributed by atoms with Crippen LogP contribution in [0.2, 0.25) is 0 Å². The number of likely N-dealkylation sites (tertiary alicyclic amines) is 1. The maximum absolute atomic E-state index is 13.0. The largest absolute Gasteiger partial charge is 0.419 e. The summed E-state index contributed by atoms with van der Waals surface area (Å²) < 4.78 is 19.8. The molecule has 142 valence electrons. The molecule has 4 nitrogen and oxygen atoms in total. The van der Waals surface area contributed by atoms with Crippen LogP contribution in [0, 0.1) is 11.7 Å². The topological polar surface area (TPSA) is 38.4 Å². The highest BCUT2D eigenvalue weighted by atomic mass is 19.1. The van der Waals surface area contributed by atoms with Crippen molar-refractivity contribution >= 4 is 11.1 Å². The van der Waals surface area contributed by atoms with Gasteiger partial charge in [0.1, 0.15) is 5.82 Å². The van der Waals surface area contributed by atoms with Gasteiger partial charge in [-0.3, -0.25) is 4.57 Å². The first kappa shape index (κ1) is 18.0. The Morgan fingerprint density at radius 3 is 2.52 bits per heavy atom. The van der Waals surface area contributed by atoms with Gasteiger partial charge in [-0.25, -0.2) is 9.18 Å². The van der Waals surface area contributed by atoms with E-state index in [1.165, 1.54) is 28.5 Å². The third-order valence-electron chi connectivity index (χ3n) is 5.72. The summed E-state index contributed by atoms with van der Waals surface area (Å²) in [6.07, 6.45) is 4.36. The Balaban J connectivity index is 1.28. The zero-order valence-electron chi connectivity index (χ0n) is 15.7. The third-order valence-corrected chi connectivity index (χ3v) is 5.72.